The van der Waals surface area contributed by atoms with Gasteiger partial charge in [0.25, 0.3) is 0 Å². The second kappa shape index (κ2) is 10.5. The van der Waals surface area contributed by atoms with Crippen molar-refractivity contribution in [2.45, 2.75) is 83.8 Å². The van der Waals surface area contributed by atoms with Crippen LogP contribution in [0.15, 0.2) is 42.5 Å². The molecule has 2 aromatic rings. The van der Waals surface area contributed by atoms with Crippen molar-refractivity contribution in [3.8, 4) is 0 Å². The molecule has 4 atom stereocenters. The van der Waals surface area contributed by atoms with E-state index < -0.39 is 47.8 Å². The van der Waals surface area contributed by atoms with Crippen LogP contribution in [0.2, 0.25) is 0 Å². The van der Waals surface area contributed by atoms with Crippen LogP contribution in [-0.4, -0.2) is 56.1 Å². The lowest BCUT2D eigenvalue weighted by Crippen LogP contribution is -2.54. The van der Waals surface area contributed by atoms with Crippen molar-refractivity contribution in [1.29, 1.82) is 0 Å². The summed E-state index contributed by atoms with van der Waals surface area (Å²) in [7, 11) is 0. The molecule has 1 aromatic carbocycles. The summed E-state index contributed by atoms with van der Waals surface area (Å²) in [6, 6.07) is 7.71. The van der Waals surface area contributed by atoms with E-state index in [1.54, 1.807) is 4.90 Å². The van der Waals surface area contributed by atoms with E-state index in [9.17, 15) is 27.9 Å². The molecule has 1 aromatic heterocycles. The predicted octanol–water partition coefficient (Wildman–Crippen LogP) is 5.96. The topological polar surface area (TPSA) is 85.8 Å². The summed E-state index contributed by atoms with van der Waals surface area (Å²) in [6.07, 6.45) is -2.97. The molecule has 0 radical (unpaired) electrons. The van der Waals surface area contributed by atoms with E-state index in [0.29, 0.717) is 5.56 Å². The second-order valence-corrected chi connectivity index (χ2v) is 10.9. The molecular weight excluding hydrogens is 497 g/mol. The number of carbonyl (C=O) groups excluding carboxylic acids is 1. The quantitative estimate of drug-likeness (QED) is 0.459. The Morgan fingerprint density at radius 2 is 1.68 bits per heavy atom. The molecule has 1 saturated carbocycles. The fourth-order valence-electron chi connectivity index (χ4n) is 5.93. The maximum atomic E-state index is 14.1. The minimum absolute atomic E-state index is 0.0110. The zero-order valence-corrected chi connectivity index (χ0v) is 22.2. The van der Waals surface area contributed by atoms with E-state index in [2.05, 4.69) is 10.3 Å². The van der Waals surface area contributed by atoms with E-state index in [4.69, 9.17) is 0 Å². The number of benzene rings is 1. The largest absolute Gasteiger partial charge is 0.480 e. The lowest BCUT2D eigenvalue weighted by atomic mass is 9.87. The molecule has 4 rings (SSSR count). The monoisotopic (exact) mass is 532 g/mol. The summed E-state index contributed by atoms with van der Waals surface area (Å²) in [5.41, 5.74) is 0.0650. The highest BCUT2D eigenvalue weighted by atomic mass is 19.4. The zero-order valence-electron chi connectivity index (χ0n) is 22.2. The first-order valence-corrected chi connectivity index (χ1v) is 13.0. The highest BCUT2D eigenvalue weighted by Crippen LogP contribution is 2.52. The molecule has 0 spiro atoms. The number of carbonyl (C=O) groups is 2. The number of aryl methyl sites for hydroxylation is 1. The number of carboxylic acids is 1. The van der Waals surface area contributed by atoms with Crippen LogP contribution < -0.4 is 5.32 Å². The number of nitrogens with zero attached hydrogens (tertiary/aromatic N) is 3. The van der Waals surface area contributed by atoms with Crippen molar-refractivity contribution < 1.29 is 27.9 Å². The molecule has 2 aliphatic rings. The molecule has 2 heterocycles. The average molecular weight is 533 g/mol. The van der Waals surface area contributed by atoms with E-state index in [0.717, 1.165) is 25.0 Å². The van der Waals surface area contributed by atoms with Gasteiger partial charge in [0.05, 0.1) is 17.6 Å². The van der Waals surface area contributed by atoms with Gasteiger partial charge >= 0.3 is 18.2 Å². The minimum Gasteiger partial charge on any atom is -0.480 e. The number of rotatable bonds is 7. The summed E-state index contributed by atoms with van der Waals surface area (Å²) in [5, 5.41) is 13.7. The van der Waals surface area contributed by atoms with Crippen molar-refractivity contribution in [2.75, 3.05) is 5.32 Å². The van der Waals surface area contributed by atoms with Gasteiger partial charge in [-0.1, -0.05) is 30.3 Å². The number of hydrogen-bond donors (Lipinski definition) is 2. The van der Waals surface area contributed by atoms with Gasteiger partial charge in [-0.05, 0) is 71.1 Å². The molecule has 2 amide bonds. The standard InChI is InChI=1S/C28H35F3N4O3/c1-15(2)34(16(3)4)27(38)35-24(19-9-7-6-8-10-19)23(22(18-11-12-18)25(35)26(36)37)33-21-14-20(28(29,30)31)13-17(5)32-21/h6-10,13-16,18,22-25H,11-12H2,1-5H3,(H,32,33)(H,36,37)/t22-,23-,24?,25-/m1/s1. The smallest absolute Gasteiger partial charge is 0.416 e. The number of halogens is 3. The first-order valence-electron chi connectivity index (χ1n) is 13.0. The molecule has 0 bridgehead atoms. The van der Waals surface area contributed by atoms with Gasteiger partial charge in [-0.3, -0.25) is 0 Å². The van der Waals surface area contributed by atoms with Crippen LogP contribution in [0.25, 0.3) is 0 Å². The Morgan fingerprint density at radius 1 is 1.08 bits per heavy atom. The van der Waals surface area contributed by atoms with Crippen LogP contribution in [0, 0.1) is 18.8 Å². The summed E-state index contributed by atoms with van der Waals surface area (Å²) in [6.45, 7) is 9.01. The van der Waals surface area contributed by atoms with E-state index in [1.807, 2.05) is 58.0 Å². The number of aromatic nitrogens is 1. The number of urea groups is 1. The number of aliphatic carboxylic acids is 1. The molecule has 1 aliphatic carbocycles. The molecule has 2 fully saturated rings. The third-order valence-electron chi connectivity index (χ3n) is 7.43. The van der Waals surface area contributed by atoms with Crippen molar-refractivity contribution in [3.05, 3.63) is 59.3 Å². The maximum Gasteiger partial charge on any atom is 0.416 e. The Balaban J connectivity index is 1.88. The SMILES string of the molecule is Cc1cc(C(F)(F)F)cc(N[C@H]2C(c3ccccc3)N(C(=O)N(C(C)C)C(C)C)[C@@H](C(=O)O)[C@@H]2C2CC2)n1. The van der Waals surface area contributed by atoms with Gasteiger partial charge in [0.1, 0.15) is 11.9 Å². The van der Waals surface area contributed by atoms with Crippen LogP contribution in [0.4, 0.5) is 23.8 Å². The van der Waals surface area contributed by atoms with Crippen LogP contribution in [0.3, 0.4) is 0 Å². The summed E-state index contributed by atoms with van der Waals surface area (Å²) >= 11 is 0. The Hall–Kier alpha value is -3.30. The molecule has 206 valence electrons. The lowest BCUT2D eigenvalue weighted by molar-refractivity contribution is -0.143. The van der Waals surface area contributed by atoms with E-state index in [-0.39, 0.29) is 29.5 Å². The molecule has 7 nitrogen and oxygen atoms in total. The lowest BCUT2D eigenvalue weighted by Gasteiger charge is -2.39. The summed E-state index contributed by atoms with van der Waals surface area (Å²) in [5.74, 6) is -1.60. The fourth-order valence-corrected chi connectivity index (χ4v) is 5.93. The first-order chi connectivity index (χ1) is 17.8. The summed E-state index contributed by atoms with van der Waals surface area (Å²) in [4.78, 5) is 34.4. The minimum atomic E-state index is -4.56. The Morgan fingerprint density at radius 3 is 2.18 bits per heavy atom. The van der Waals surface area contributed by atoms with Gasteiger partial charge in [-0.25, -0.2) is 14.6 Å². The number of hydrogen-bond acceptors (Lipinski definition) is 4. The number of likely N-dealkylation sites (tertiary alicyclic amines) is 1. The van der Waals surface area contributed by atoms with Crippen molar-refractivity contribution >= 4 is 17.8 Å². The number of carboxylic acid groups (broad SMARTS) is 1. The number of pyridine rings is 1. The highest BCUT2D eigenvalue weighted by molar-refractivity contribution is 5.85. The third kappa shape index (κ3) is 5.44. The van der Waals surface area contributed by atoms with Gasteiger partial charge in [-0.15, -0.1) is 0 Å². The van der Waals surface area contributed by atoms with Gasteiger partial charge in [0, 0.05) is 23.7 Å². The second-order valence-electron chi connectivity index (χ2n) is 10.9. The van der Waals surface area contributed by atoms with Crippen molar-refractivity contribution in [1.82, 2.24) is 14.8 Å². The number of amides is 2. The Bertz CT molecular complexity index is 1160. The van der Waals surface area contributed by atoms with Gasteiger partial charge < -0.3 is 20.2 Å². The van der Waals surface area contributed by atoms with Crippen LogP contribution in [0.5, 0.6) is 0 Å². The molecule has 2 N–H and O–H groups in total. The predicted molar refractivity (Wildman–Crippen MR) is 138 cm³/mol. The van der Waals surface area contributed by atoms with Crippen LogP contribution in [-0.2, 0) is 11.0 Å². The molecule has 1 unspecified atom stereocenters. The maximum absolute atomic E-state index is 14.1. The van der Waals surface area contributed by atoms with Crippen molar-refractivity contribution in [2.24, 2.45) is 11.8 Å². The number of alkyl halides is 3. The molecular formula is C28H35F3N4O3. The molecule has 38 heavy (non-hydrogen) atoms. The highest BCUT2D eigenvalue weighted by Gasteiger charge is 2.59. The zero-order chi connectivity index (χ0) is 27.9. The Labute approximate surface area is 221 Å². The van der Waals surface area contributed by atoms with Gasteiger partial charge in [-0.2, -0.15) is 13.2 Å². The third-order valence-corrected chi connectivity index (χ3v) is 7.43. The molecule has 10 heteroatoms. The van der Waals surface area contributed by atoms with Crippen molar-refractivity contribution in [3.63, 3.8) is 0 Å². The van der Waals surface area contributed by atoms with Crippen LogP contribution in [0.1, 0.15) is 63.4 Å². The van der Waals surface area contributed by atoms with Gasteiger partial charge in [0.15, 0.2) is 0 Å². The van der Waals surface area contributed by atoms with Crippen LogP contribution >= 0.6 is 0 Å². The normalized spacial score (nSPS) is 23.7. The summed E-state index contributed by atoms with van der Waals surface area (Å²) < 4.78 is 40.8. The van der Waals surface area contributed by atoms with E-state index >= 15 is 0 Å². The van der Waals surface area contributed by atoms with Gasteiger partial charge in [0.2, 0.25) is 0 Å². The van der Waals surface area contributed by atoms with E-state index in [1.165, 1.54) is 11.8 Å². The number of anilines is 1. The Kier molecular flexibility index (Phi) is 7.63. The first kappa shape index (κ1) is 27.7. The fraction of sp³-hybridized carbons (Fsp3) is 0.536. The number of nitrogens with one attached hydrogen (secondary N) is 1. The molecule has 1 aliphatic heterocycles. The molecule has 1 saturated heterocycles. The average Bonchev–Trinajstić information content (AvgIpc) is 3.59.